The number of benzene rings is 1. The van der Waals surface area contributed by atoms with Crippen LogP contribution in [0.3, 0.4) is 0 Å². The van der Waals surface area contributed by atoms with Crippen LogP contribution in [-0.2, 0) is 9.53 Å². The summed E-state index contributed by atoms with van der Waals surface area (Å²) in [5, 5.41) is 48.1. The van der Waals surface area contributed by atoms with Crippen molar-refractivity contribution in [3.05, 3.63) is 42.0 Å². The Morgan fingerprint density at radius 2 is 1.77 bits per heavy atom. The second-order valence-corrected chi connectivity index (χ2v) is 4.96. The molecular weight excluding hydrogens is 292 g/mol. The minimum absolute atomic E-state index is 0.152. The van der Waals surface area contributed by atoms with Gasteiger partial charge in [0.1, 0.15) is 30.5 Å². The first kappa shape index (κ1) is 15.3. The molecule has 120 valence electrons. The zero-order chi connectivity index (χ0) is 17.1. The van der Waals surface area contributed by atoms with E-state index in [0.29, 0.717) is 5.56 Å². The highest BCUT2D eigenvalue weighted by molar-refractivity contribution is 5.97. The Hall–Kier alpha value is -1.61. The van der Waals surface area contributed by atoms with Crippen LogP contribution in [0.1, 0.15) is 6.93 Å². The van der Waals surface area contributed by atoms with E-state index < -0.39 is 42.6 Å². The number of ether oxygens (including phenoxy) is 1. The molecule has 1 aromatic rings. The van der Waals surface area contributed by atoms with Gasteiger partial charge >= 0.3 is 0 Å². The van der Waals surface area contributed by atoms with Gasteiger partial charge in [0.2, 0.25) is 0 Å². The average molecular weight is 311 g/mol. The summed E-state index contributed by atoms with van der Waals surface area (Å²) in [7, 11) is 0. The first-order valence-corrected chi connectivity index (χ1v) is 6.66. The molecule has 7 heteroatoms. The van der Waals surface area contributed by atoms with E-state index in [1.165, 1.54) is 0 Å². The topological polar surface area (TPSA) is 127 Å². The van der Waals surface area contributed by atoms with E-state index in [1.807, 2.05) is 0 Å². The summed E-state index contributed by atoms with van der Waals surface area (Å²) in [5.41, 5.74) is 0.452. The first-order chi connectivity index (χ1) is 10.8. The van der Waals surface area contributed by atoms with E-state index in [4.69, 9.17) is 6.11 Å². The van der Waals surface area contributed by atoms with E-state index in [0.717, 1.165) is 6.08 Å². The molecule has 7 nitrogen and oxygen atoms in total. The van der Waals surface area contributed by atoms with E-state index >= 15 is 0 Å². The zero-order valence-electron chi connectivity index (χ0n) is 12.5. The Morgan fingerprint density at radius 3 is 2.41 bits per heavy atom. The maximum atomic E-state index is 12.0. The lowest BCUT2D eigenvalue weighted by Gasteiger charge is -2.39. The fourth-order valence-corrected chi connectivity index (χ4v) is 2.08. The predicted molar refractivity (Wildman–Crippen MR) is 75.4 cm³/mol. The summed E-state index contributed by atoms with van der Waals surface area (Å²) in [5.74, 6) is -0.932. The molecule has 1 aromatic carbocycles. The molecule has 1 heterocycles. The quantitative estimate of drug-likeness (QED) is 0.425. The zero-order valence-corrected chi connectivity index (χ0v) is 11.5. The third-order valence-electron chi connectivity index (χ3n) is 3.38. The Morgan fingerprint density at radius 1 is 1.14 bits per heavy atom. The number of carbonyl (C=O) groups is 1. The van der Waals surface area contributed by atoms with Gasteiger partial charge in [-0.2, -0.15) is 0 Å². The lowest BCUT2D eigenvalue weighted by Crippen LogP contribution is -2.61. The molecule has 0 bridgehead atoms. The van der Waals surface area contributed by atoms with Gasteiger partial charge < -0.3 is 30.3 Å². The number of carbonyl (C=O) groups excluding carboxylic acids is 1. The van der Waals surface area contributed by atoms with Crippen molar-refractivity contribution < 1.29 is 36.4 Å². The summed E-state index contributed by atoms with van der Waals surface area (Å²) in [6.07, 6.45) is -9.84. The largest absolute Gasteiger partial charge is 0.387 e. The van der Waals surface area contributed by atoms with Crippen LogP contribution < -0.4 is 0 Å². The molecule has 0 saturated carbocycles. The first-order valence-electron chi connectivity index (χ1n) is 7.16. The molecular formula is C15H18O7. The molecule has 5 N–H and O–H groups in total. The van der Waals surface area contributed by atoms with Gasteiger partial charge in [-0.25, -0.2) is 0 Å². The van der Waals surface area contributed by atoms with Crippen molar-refractivity contribution in [3.8, 4) is 0 Å². The summed E-state index contributed by atoms with van der Waals surface area (Å²) >= 11 is 0. The molecule has 0 spiro atoms. The SMILES string of the molecule is [2H]C(=CC(=O)C(O)[C@H]1OC(O)[C@H](O)[C@@H](O)[C@@H]1O)c1ccccc1. The van der Waals surface area contributed by atoms with Crippen molar-refractivity contribution in [1.82, 2.24) is 0 Å². The fourth-order valence-electron chi connectivity index (χ4n) is 2.08. The molecule has 1 saturated heterocycles. The molecule has 0 aromatic heterocycles. The van der Waals surface area contributed by atoms with Gasteiger partial charge in [-0.1, -0.05) is 36.4 Å². The van der Waals surface area contributed by atoms with Crippen molar-refractivity contribution in [3.63, 3.8) is 0 Å². The van der Waals surface area contributed by atoms with Crippen molar-refractivity contribution in [1.29, 1.82) is 0 Å². The number of ketones is 1. The Bertz CT molecular complexity index is 576. The Balaban J connectivity index is 2.13. The number of aliphatic hydroxyl groups excluding tert-OH is 5. The molecule has 22 heavy (non-hydrogen) atoms. The minimum Gasteiger partial charge on any atom is -0.387 e. The van der Waals surface area contributed by atoms with Gasteiger partial charge in [0.25, 0.3) is 0 Å². The smallest absolute Gasteiger partial charge is 0.186 e. The maximum absolute atomic E-state index is 12.0. The summed E-state index contributed by atoms with van der Waals surface area (Å²) in [6.45, 7) is 0. The number of hydrogen-bond acceptors (Lipinski definition) is 7. The lowest BCUT2D eigenvalue weighted by molar-refractivity contribution is -0.293. The molecule has 0 amide bonds. The molecule has 2 unspecified atom stereocenters. The van der Waals surface area contributed by atoms with Crippen LogP contribution in [-0.4, -0.2) is 68.1 Å². The van der Waals surface area contributed by atoms with Gasteiger partial charge in [0, 0.05) is 0 Å². The van der Waals surface area contributed by atoms with Crippen LogP contribution in [0, 0.1) is 0 Å². The van der Waals surface area contributed by atoms with E-state index in [-0.39, 0.29) is 6.05 Å². The molecule has 6 atom stereocenters. The van der Waals surface area contributed by atoms with Crippen LogP contribution in [0.25, 0.3) is 6.05 Å². The third kappa shape index (κ3) is 3.58. The van der Waals surface area contributed by atoms with Gasteiger partial charge in [0.15, 0.2) is 12.1 Å². The second kappa shape index (κ2) is 7.10. The highest BCUT2D eigenvalue weighted by Gasteiger charge is 2.47. The minimum atomic E-state index is -1.91. The maximum Gasteiger partial charge on any atom is 0.186 e. The van der Waals surface area contributed by atoms with Crippen molar-refractivity contribution in [2.45, 2.75) is 36.8 Å². The lowest BCUT2D eigenvalue weighted by atomic mass is 9.93. The van der Waals surface area contributed by atoms with Crippen LogP contribution in [0.5, 0.6) is 0 Å². The van der Waals surface area contributed by atoms with Crippen LogP contribution in [0.15, 0.2) is 36.4 Å². The average Bonchev–Trinajstić information content (AvgIpc) is 2.56. The molecule has 1 aliphatic rings. The van der Waals surface area contributed by atoms with Gasteiger partial charge in [-0.15, -0.1) is 0 Å². The van der Waals surface area contributed by atoms with Gasteiger partial charge in [0.05, 0.1) is 1.37 Å². The second-order valence-electron chi connectivity index (χ2n) is 4.96. The molecule has 0 aliphatic carbocycles. The van der Waals surface area contributed by atoms with Crippen molar-refractivity contribution in [2.24, 2.45) is 0 Å². The summed E-state index contributed by atoms with van der Waals surface area (Å²) in [6, 6.07) is 8.17. The van der Waals surface area contributed by atoms with Crippen molar-refractivity contribution in [2.75, 3.05) is 0 Å². The molecule has 2 rings (SSSR count). The van der Waals surface area contributed by atoms with Crippen LogP contribution in [0.2, 0.25) is 0 Å². The molecule has 0 radical (unpaired) electrons. The van der Waals surface area contributed by atoms with Crippen LogP contribution in [0.4, 0.5) is 0 Å². The van der Waals surface area contributed by atoms with E-state index in [1.54, 1.807) is 30.3 Å². The molecule has 1 fully saturated rings. The monoisotopic (exact) mass is 311 g/mol. The van der Waals surface area contributed by atoms with Crippen molar-refractivity contribution >= 4 is 11.8 Å². The van der Waals surface area contributed by atoms with Crippen LogP contribution >= 0.6 is 0 Å². The fraction of sp³-hybridized carbons (Fsp3) is 0.400. The van der Waals surface area contributed by atoms with Gasteiger partial charge in [-0.3, -0.25) is 4.79 Å². The summed E-state index contributed by atoms with van der Waals surface area (Å²) in [4.78, 5) is 12.0. The predicted octanol–water partition coefficient (Wildman–Crippen LogP) is -1.57. The summed E-state index contributed by atoms with van der Waals surface area (Å²) < 4.78 is 12.6. The number of rotatable bonds is 4. The third-order valence-corrected chi connectivity index (χ3v) is 3.38. The van der Waals surface area contributed by atoms with E-state index in [2.05, 4.69) is 0 Å². The molecule has 1 aliphatic heterocycles. The Labute approximate surface area is 128 Å². The van der Waals surface area contributed by atoms with Gasteiger partial charge in [-0.05, 0) is 11.6 Å². The highest BCUT2D eigenvalue weighted by Crippen LogP contribution is 2.22. The number of hydrogen-bond donors (Lipinski definition) is 5. The van der Waals surface area contributed by atoms with E-state index in [9.17, 15) is 30.3 Å². The number of aliphatic hydroxyl groups is 5. The normalized spacial score (nSPS) is 34.9. The highest BCUT2D eigenvalue weighted by atomic mass is 16.6. The standard InChI is InChI=1S/C15H18O7/c16-9(7-6-8-4-2-1-3-5-8)10(17)14-12(19)11(18)13(20)15(21)22-14/h1-7,10-15,17-21H/t10?,11-,12-,13+,14+,15?/m0/s1/i6D. The Kier molecular flexibility index (Phi) is 4.94.